The second-order valence-corrected chi connectivity index (χ2v) is 10.0. The SMILES string of the molecule is CCCCCCCCC=CCCCCCCCCN1CC=CC=C1CCc1ccccc1B(O)O. The quantitative estimate of drug-likeness (QED) is 0.119. The Hall–Kier alpha value is -1.78. The summed E-state index contributed by atoms with van der Waals surface area (Å²) in [6.07, 6.45) is 32.0. The van der Waals surface area contributed by atoms with Gasteiger partial charge in [-0.05, 0) is 62.0 Å². The van der Waals surface area contributed by atoms with E-state index in [1.54, 1.807) is 6.07 Å². The highest BCUT2D eigenvalue weighted by molar-refractivity contribution is 6.59. The number of hydrogen-bond donors (Lipinski definition) is 2. The summed E-state index contributed by atoms with van der Waals surface area (Å²) in [6.45, 7) is 4.38. The van der Waals surface area contributed by atoms with Gasteiger partial charge in [0.05, 0.1) is 0 Å². The molecule has 0 radical (unpaired) electrons. The van der Waals surface area contributed by atoms with Crippen LogP contribution in [0, 0.1) is 0 Å². The number of aryl methyl sites for hydroxylation is 1. The van der Waals surface area contributed by atoms with Crippen molar-refractivity contribution < 1.29 is 10.0 Å². The summed E-state index contributed by atoms with van der Waals surface area (Å²) in [5, 5.41) is 19.2. The molecule has 1 aliphatic heterocycles. The van der Waals surface area contributed by atoms with Gasteiger partial charge in [0, 0.05) is 18.8 Å². The Kier molecular flexibility index (Phi) is 16.3. The normalized spacial score (nSPS) is 13.6. The summed E-state index contributed by atoms with van der Waals surface area (Å²) in [5.41, 5.74) is 3.01. The van der Waals surface area contributed by atoms with E-state index in [2.05, 4.69) is 42.2 Å². The van der Waals surface area contributed by atoms with E-state index >= 15 is 0 Å². The van der Waals surface area contributed by atoms with Crippen molar-refractivity contribution in [3.63, 3.8) is 0 Å². The summed E-state index contributed by atoms with van der Waals surface area (Å²) in [7, 11) is -1.40. The van der Waals surface area contributed by atoms with Crippen LogP contribution >= 0.6 is 0 Å². The Morgan fingerprint density at radius 3 is 2.11 bits per heavy atom. The highest BCUT2D eigenvalue weighted by atomic mass is 16.4. The third-order valence-corrected chi connectivity index (χ3v) is 7.08. The Bertz CT molecular complexity index is 756. The molecule has 0 bridgehead atoms. The third-order valence-electron chi connectivity index (χ3n) is 7.08. The maximum atomic E-state index is 9.62. The first-order valence-corrected chi connectivity index (χ1v) is 14.4. The largest absolute Gasteiger partial charge is 0.488 e. The zero-order chi connectivity index (χ0) is 25.0. The molecule has 0 fully saturated rings. The molecule has 194 valence electrons. The van der Waals surface area contributed by atoms with Gasteiger partial charge in [-0.25, -0.2) is 0 Å². The predicted octanol–water partition coefficient (Wildman–Crippen LogP) is 7.09. The van der Waals surface area contributed by atoms with Gasteiger partial charge in [0.25, 0.3) is 0 Å². The van der Waals surface area contributed by atoms with Gasteiger partial charge in [0.15, 0.2) is 0 Å². The summed E-state index contributed by atoms with van der Waals surface area (Å²) in [5.74, 6) is 0. The fraction of sp³-hybridized carbons (Fsp3) is 0.613. The summed E-state index contributed by atoms with van der Waals surface area (Å²) in [4.78, 5) is 2.49. The van der Waals surface area contributed by atoms with Gasteiger partial charge in [-0.1, -0.05) is 113 Å². The highest BCUT2D eigenvalue weighted by Gasteiger charge is 2.16. The highest BCUT2D eigenvalue weighted by Crippen LogP contribution is 2.18. The minimum atomic E-state index is -1.40. The van der Waals surface area contributed by atoms with Crippen molar-refractivity contribution in [2.75, 3.05) is 13.1 Å². The zero-order valence-corrected chi connectivity index (χ0v) is 22.3. The van der Waals surface area contributed by atoms with E-state index < -0.39 is 7.12 Å². The van der Waals surface area contributed by atoms with Crippen LogP contribution in [0.4, 0.5) is 0 Å². The van der Waals surface area contributed by atoms with Crippen LogP contribution in [0.15, 0.2) is 60.3 Å². The number of unbranched alkanes of at least 4 members (excludes halogenated alkanes) is 12. The fourth-order valence-corrected chi connectivity index (χ4v) is 4.89. The van der Waals surface area contributed by atoms with Gasteiger partial charge in [-0.3, -0.25) is 0 Å². The first-order chi connectivity index (χ1) is 17.2. The second kappa shape index (κ2) is 19.4. The van der Waals surface area contributed by atoms with E-state index in [1.165, 1.54) is 95.6 Å². The van der Waals surface area contributed by atoms with Crippen molar-refractivity contribution in [3.05, 3.63) is 65.9 Å². The molecule has 2 N–H and O–H groups in total. The topological polar surface area (TPSA) is 43.7 Å². The molecular formula is C31H50BNO2. The Morgan fingerprint density at radius 1 is 0.800 bits per heavy atom. The minimum Gasteiger partial charge on any atom is -0.423 e. The van der Waals surface area contributed by atoms with Crippen molar-refractivity contribution in [1.82, 2.24) is 4.90 Å². The van der Waals surface area contributed by atoms with Gasteiger partial charge in [-0.2, -0.15) is 0 Å². The lowest BCUT2D eigenvalue weighted by molar-refractivity contribution is 0.348. The summed E-state index contributed by atoms with van der Waals surface area (Å²) in [6, 6.07) is 7.64. The lowest BCUT2D eigenvalue weighted by Crippen LogP contribution is -2.33. The molecule has 4 heteroatoms. The van der Waals surface area contributed by atoms with Crippen molar-refractivity contribution >= 4 is 12.6 Å². The Morgan fingerprint density at radius 2 is 1.43 bits per heavy atom. The van der Waals surface area contributed by atoms with Crippen LogP contribution in [0.5, 0.6) is 0 Å². The minimum absolute atomic E-state index is 0.624. The van der Waals surface area contributed by atoms with Crippen LogP contribution in [0.1, 0.15) is 109 Å². The molecular weight excluding hydrogens is 429 g/mol. The van der Waals surface area contributed by atoms with Gasteiger partial charge >= 0.3 is 7.12 Å². The van der Waals surface area contributed by atoms with Gasteiger partial charge in [0.2, 0.25) is 0 Å². The first-order valence-electron chi connectivity index (χ1n) is 14.4. The number of allylic oxidation sites excluding steroid dienone is 5. The van der Waals surface area contributed by atoms with Crippen LogP contribution < -0.4 is 5.46 Å². The second-order valence-electron chi connectivity index (χ2n) is 10.0. The lowest BCUT2D eigenvalue weighted by Gasteiger charge is -2.28. The smallest absolute Gasteiger partial charge is 0.423 e. The molecule has 0 aliphatic carbocycles. The maximum Gasteiger partial charge on any atom is 0.488 e. The Labute approximate surface area is 216 Å². The lowest BCUT2D eigenvalue weighted by atomic mass is 9.76. The molecule has 0 aromatic heterocycles. The molecule has 0 amide bonds. The van der Waals surface area contributed by atoms with Crippen molar-refractivity contribution in [3.8, 4) is 0 Å². The number of hydrogen-bond acceptors (Lipinski definition) is 3. The molecule has 1 aromatic carbocycles. The molecule has 0 spiro atoms. The number of rotatable bonds is 20. The third kappa shape index (κ3) is 13.2. The number of nitrogens with zero attached hydrogens (tertiary/aromatic N) is 1. The number of benzene rings is 1. The monoisotopic (exact) mass is 479 g/mol. The van der Waals surface area contributed by atoms with Gasteiger partial charge in [0.1, 0.15) is 0 Å². The van der Waals surface area contributed by atoms with Crippen molar-refractivity contribution in [1.29, 1.82) is 0 Å². The maximum absolute atomic E-state index is 9.62. The Balaban J connectivity index is 1.50. The van der Waals surface area contributed by atoms with Crippen LogP contribution in [0.3, 0.4) is 0 Å². The van der Waals surface area contributed by atoms with Gasteiger partial charge in [-0.15, -0.1) is 0 Å². The summed E-state index contributed by atoms with van der Waals surface area (Å²) < 4.78 is 0. The molecule has 1 aliphatic rings. The molecule has 0 unspecified atom stereocenters. The van der Waals surface area contributed by atoms with E-state index in [4.69, 9.17) is 0 Å². The zero-order valence-electron chi connectivity index (χ0n) is 22.3. The van der Waals surface area contributed by atoms with Crippen molar-refractivity contribution in [2.24, 2.45) is 0 Å². The predicted molar refractivity (Wildman–Crippen MR) is 153 cm³/mol. The van der Waals surface area contributed by atoms with E-state index in [9.17, 15) is 10.0 Å². The summed E-state index contributed by atoms with van der Waals surface area (Å²) >= 11 is 0. The molecule has 3 nitrogen and oxygen atoms in total. The standard InChI is InChI=1S/C31H50BNO2/c1-2-3-4-5-6-7-8-9-10-11-12-13-14-15-16-20-27-33-28-21-19-23-30(33)26-25-29-22-17-18-24-31(29)32(34)35/h9-10,17-19,21-24,34-35H,2-8,11-16,20,25-28H2,1H3. The van der Waals surface area contributed by atoms with Crippen LogP contribution in [-0.2, 0) is 6.42 Å². The molecule has 0 saturated heterocycles. The van der Waals surface area contributed by atoms with E-state index in [-0.39, 0.29) is 0 Å². The molecule has 1 heterocycles. The molecule has 0 saturated carbocycles. The average molecular weight is 480 g/mol. The fourth-order valence-electron chi connectivity index (χ4n) is 4.89. The average Bonchev–Trinajstić information content (AvgIpc) is 2.88. The molecule has 0 atom stereocenters. The van der Waals surface area contributed by atoms with Crippen molar-refractivity contribution in [2.45, 2.75) is 110 Å². The van der Waals surface area contributed by atoms with E-state index in [0.29, 0.717) is 5.46 Å². The molecule has 2 rings (SSSR count). The molecule has 35 heavy (non-hydrogen) atoms. The van der Waals surface area contributed by atoms with Crippen LogP contribution in [0.25, 0.3) is 0 Å². The van der Waals surface area contributed by atoms with Crippen LogP contribution in [-0.4, -0.2) is 35.2 Å². The van der Waals surface area contributed by atoms with Crippen LogP contribution in [0.2, 0.25) is 0 Å². The van der Waals surface area contributed by atoms with E-state index in [0.717, 1.165) is 31.5 Å². The molecule has 1 aromatic rings. The van der Waals surface area contributed by atoms with Gasteiger partial charge < -0.3 is 14.9 Å². The van der Waals surface area contributed by atoms with E-state index in [1.807, 2.05) is 18.2 Å². The first kappa shape index (κ1) is 29.5.